The van der Waals surface area contributed by atoms with Gasteiger partial charge in [0.25, 0.3) is 11.6 Å². The van der Waals surface area contributed by atoms with Gasteiger partial charge in [-0.15, -0.1) is 0 Å². The first-order chi connectivity index (χ1) is 9.21. The normalized spacial score (nSPS) is 11.4. The molecule has 6 nitrogen and oxygen atoms in total. The Hall–Kier alpha value is -1.95. The van der Waals surface area contributed by atoms with E-state index in [0.29, 0.717) is 12.1 Å². The van der Waals surface area contributed by atoms with E-state index < -0.39 is 4.92 Å². The molecule has 0 saturated carbocycles. The van der Waals surface area contributed by atoms with E-state index in [1.807, 2.05) is 14.1 Å². The van der Waals surface area contributed by atoms with Crippen LogP contribution in [0.5, 0.6) is 0 Å². The summed E-state index contributed by atoms with van der Waals surface area (Å²) in [5.41, 5.74) is 0.366. The molecule has 0 unspecified atom stereocenters. The van der Waals surface area contributed by atoms with Gasteiger partial charge in [0.15, 0.2) is 0 Å². The fourth-order valence-corrected chi connectivity index (χ4v) is 2.07. The number of carbonyl (C=O) groups excluding carboxylic acids is 1. The lowest BCUT2D eigenvalue weighted by atomic mass is 9.93. The molecular formula is C14H21N3O3. The van der Waals surface area contributed by atoms with Crippen LogP contribution >= 0.6 is 0 Å². The van der Waals surface area contributed by atoms with Crippen molar-refractivity contribution in [3.63, 3.8) is 0 Å². The van der Waals surface area contributed by atoms with E-state index in [2.05, 4.69) is 24.1 Å². The van der Waals surface area contributed by atoms with Gasteiger partial charge in [-0.05, 0) is 31.6 Å². The predicted molar refractivity (Wildman–Crippen MR) is 77.8 cm³/mol. The zero-order chi connectivity index (χ0) is 15.3. The standard InChI is InChI=1S/C14H21N3O3/c1-14(2,10-16(3)4)9-15-13(18)11-5-7-12(8-6-11)17(19)20/h5-8H,9-10H2,1-4H3,(H,15,18). The number of nitrogens with zero attached hydrogens (tertiary/aromatic N) is 2. The Labute approximate surface area is 118 Å². The lowest BCUT2D eigenvalue weighted by Crippen LogP contribution is -2.39. The zero-order valence-corrected chi connectivity index (χ0v) is 12.3. The molecule has 1 aromatic carbocycles. The molecule has 0 bridgehead atoms. The first-order valence-corrected chi connectivity index (χ1v) is 6.39. The van der Waals surface area contributed by atoms with Gasteiger partial charge in [0.05, 0.1) is 4.92 Å². The van der Waals surface area contributed by atoms with Gasteiger partial charge in [-0.1, -0.05) is 13.8 Å². The van der Waals surface area contributed by atoms with Crippen molar-refractivity contribution in [1.29, 1.82) is 0 Å². The Morgan fingerprint density at radius 1 is 1.30 bits per heavy atom. The molecule has 0 aliphatic heterocycles. The van der Waals surface area contributed by atoms with E-state index in [9.17, 15) is 14.9 Å². The third kappa shape index (κ3) is 4.97. The van der Waals surface area contributed by atoms with Gasteiger partial charge in [-0.2, -0.15) is 0 Å². The van der Waals surface area contributed by atoms with Crippen LogP contribution in [0.4, 0.5) is 5.69 Å². The van der Waals surface area contributed by atoms with Gasteiger partial charge in [-0.25, -0.2) is 0 Å². The topological polar surface area (TPSA) is 75.5 Å². The maximum atomic E-state index is 12.0. The first kappa shape index (κ1) is 16.1. The summed E-state index contributed by atoms with van der Waals surface area (Å²) in [6.07, 6.45) is 0. The number of hydrogen-bond acceptors (Lipinski definition) is 4. The van der Waals surface area contributed by atoms with Crippen LogP contribution in [0.15, 0.2) is 24.3 Å². The number of benzene rings is 1. The number of hydrogen-bond donors (Lipinski definition) is 1. The molecule has 6 heteroatoms. The Morgan fingerprint density at radius 3 is 2.30 bits per heavy atom. The second-order valence-corrected chi connectivity index (χ2v) is 5.89. The SMILES string of the molecule is CN(C)CC(C)(C)CNC(=O)c1ccc([N+](=O)[O-])cc1. The van der Waals surface area contributed by atoms with Crippen molar-refractivity contribution < 1.29 is 9.72 Å². The zero-order valence-electron chi connectivity index (χ0n) is 12.3. The van der Waals surface area contributed by atoms with Gasteiger partial charge in [0.2, 0.25) is 0 Å². The Balaban J connectivity index is 2.61. The molecule has 1 N–H and O–H groups in total. The number of rotatable bonds is 6. The van der Waals surface area contributed by atoms with Crippen LogP contribution in [0.2, 0.25) is 0 Å². The Kier molecular flexibility index (Phi) is 5.21. The van der Waals surface area contributed by atoms with E-state index in [0.717, 1.165) is 6.54 Å². The maximum Gasteiger partial charge on any atom is 0.269 e. The van der Waals surface area contributed by atoms with Crippen molar-refractivity contribution in [1.82, 2.24) is 10.2 Å². The highest BCUT2D eigenvalue weighted by Crippen LogP contribution is 2.15. The molecule has 1 rings (SSSR count). The van der Waals surface area contributed by atoms with E-state index in [1.54, 1.807) is 0 Å². The fourth-order valence-electron chi connectivity index (χ4n) is 2.07. The molecule has 0 fully saturated rings. The summed E-state index contributed by atoms with van der Waals surface area (Å²) in [6, 6.07) is 5.60. The minimum Gasteiger partial charge on any atom is -0.351 e. The van der Waals surface area contributed by atoms with E-state index in [4.69, 9.17) is 0 Å². The minimum absolute atomic E-state index is 0.0190. The average molecular weight is 279 g/mol. The van der Waals surface area contributed by atoms with Crippen molar-refractivity contribution in [2.45, 2.75) is 13.8 Å². The average Bonchev–Trinajstić information content (AvgIpc) is 2.34. The highest BCUT2D eigenvalue weighted by Gasteiger charge is 2.20. The quantitative estimate of drug-likeness (QED) is 0.637. The smallest absolute Gasteiger partial charge is 0.269 e. The van der Waals surface area contributed by atoms with E-state index in [1.165, 1.54) is 24.3 Å². The third-order valence-corrected chi connectivity index (χ3v) is 2.81. The van der Waals surface area contributed by atoms with Gasteiger partial charge in [0, 0.05) is 30.8 Å². The second kappa shape index (κ2) is 6.47. The van der Waals surface area contributed by atoms with Crippen molar-refractivity contribution >= 4 is 11.6 Å². The lowest BCUT2D eigenvalue weighted by Gasteiger charge is -2.28. The van der Waals surface area contributed by atoms with Crippen molar-refractivity contribution in [3.05, 3.63) is 39.9 Å². The van der Waals surface area contributed by atoms with E-state index in [-0.39, 0.29) is 17.0 Å². The van der Waals surface area contributed by atoms with Crippen LogP contribution < -0.4 is 5.32 Å². The van der Waals surface area contributed by atoms with Crippen LogP contribution in [0.3, 0.4) is 0 Å². The summed E-state index contributed by atoms with van der Waals surface area (Å²) in [4.78, 5) is 24.1. The summed E-state index contributed by atoms with van der Waals surface area (Å²) in [7, 11) is 3.97. The molecular weight excluding hydrogens is 258 g/mol. The highest BCUT2D eigenvalue weighted by molar-refractivity contribution is 5.94. The summed E-state index contributed by atoms with van der Waals surface area (Å²) in [5.74, 6) is -0.216. The van der Waals surface area contributed by atoms with Gasteiger partial charge >= 0.3 is 0 Å². The second-order valence-electron chi connectivity index (χ2n) is 5.89. The van der Waals surface area contributed by atoms with Crippen molar-refractivity contribution in [3.8, 4) is 0 Å². The van der Waals surface area contributed by atoms with Crippen LogP contribution in [0.1, 0.15) is 24.2 Å². The number of nitrogens with one attached hydrogen (secondary N) is 1. The molecule has 0 aromatic heterocycles. The summed E-state index contributed by atoms with van der Waals surface area (Å²) >= 11 is 0. The molecule has 0 saturated heterocycles. The largest absolute Gasteiger partial charge is 0.351 e. The fraction of sp³-hybridized carbons (Fsp3) is 0.500. The predicted octanol–water partition coefficient (Wildman–Crippen LogP) is 1.91. The highest BCUT2D eigenvalue weighted by atomic mass is 16.6. The number of non-ortho nitro benzene ring substituents is 1. The van der Waals surface area contributed by atoms with Gasteiger partial charge in [-0.3, -0.25) is 14.9 Å². The van der Waals surface area contributed by atoms with Crippen molar-refractivity contribution in [2.75, 3.05) is 27.2 Å². The van der Waals surface area contributed by atoms with Crippen LogP contribution in [0.25, 0.3) is 0 Å². The van der Waals surface area contributed by atoms with Crippen LogP contribution in [-0.4, -0.2) is 42.9 Å². The van der Waals surface area contributed by atoms with Crippen molar-refractivity contribution in [2.24, 2.45) is 5.41 Å². The molecule has 1 aromatic rings. The van der Waals surface area contributed by atoms with E-state index >= 15 is 0 Å². The number of carbonyl (C=O) groups is 1. The Morgan fingerprint density at radius 2 is 1.85 bits per heavy atom. The molecule has 0 aliphatic carbocycles. The Bertz CT molecular complexity index is 481. The third-order valence-electron chi connectivity index (χ3n) is 2.81. The van der Waals surface area contributed by atoms with Crippen LogP contribution in [-0.2, 0) is 0 Å². The summed E-state index contributed by atoms with van der Waals surface area (Å²) in [6.45, 7) is 5.54. The van der Waals surface area contributed by atoms with Gasteiger partial charge < -0.3 is 10.2 Å². The maximum absolute atomic E-state index is 12.0. The molecule has 0 heterocycles. The molecule has 0 radical (unpaired) electrons. The molecule has 0 aliphatic rings. The monoisotopic (exact) mass is 279 g/mol. The summed E-state index contributed by atoms with van der Waals surface area (Å²) < 4.78 is 0. The number of nitro groups is 1. The summed E-state index contributed by atoms with van der Waals surface area (Å²) in [5, 5.41) is 13.4. The molecule has 20 heavy (non-hydrogen) atoms. The molecule has 110 valence electrons. The number of nitro benzene ring substituents is 1. The lowest BCUT2D eigenvalue weighted by molar-refractivity contribution is -0.384. The molecule has 1 amide bonds. The molecule has 0 atom stereocenters. The van der Waals surface area contributed by atoms with Gasteiger partial charge in [0.1, 0.15) is 0 Å². The first-order valence-electron chi connectivity index (χ1n) is 6.39. The number of amides is 1. The minimum atomic E-state index is -0.484. The van der Waals surface area contributed by atoms with Crippen LogP contribution in [0, 0.1) is 15.5 Å². The molecule has 0 spiro atoms.